The molecule has 2 bridgehead atoms. The van der Waals surface area contributed by atoms with E-state index in [1.54, 1.807) is 0 Å². The summed E-state index contributed by atoms with van der Waals surface area (Å²) >= 11 is 0. The molecule has 3 nitrogen and oxygen atoms in total. The smallest absolute Gasteiger partial charge is 0.274 e. The normalized spacial score (nSPS) is 39.2. The molecule has 5 aliphatic rings. The predicted molar refractivity (Wildman–Crippen MR) is 78.6 cm³/mol. The maximum absolute atomic E-state index is 12.9. The zero-order chi connectivity index (χ0) is 16.8. The van der Waals surface area contributed by atoms with Crippen molar-refractivity contribution < 1.29 is 22.8 Å². The van der Waals surface area contributed by atoms with E-state index in [9.17, 15) is 22.8 Å². The predicted octanol–water partition coefficient (Wildman–Crippen LogP) is 3.26. The van der Waals surface area contributed by atoms with Gasteiger partial charge in [-0.15, -0.1) is 0 Å². The van der Waals surface area contributed by atoms with E-state index < -0.39 is 23.6 Å². The number of nitrogens with zero attached hydrogens (tertiary/aromatic N) is 1. The molecule has 124 valence electrons. The second-order valence-electron chi connectivity index (χ2n) is 7.21. The molecule has 4 aliphatic carbocycles. The molecule has 0 N–H and O–H groups in total. The van der Waals surface area contributed by atoms with Crippen LogP contribution < -0.4 is 4.90 Å². The first kappa shape index (κ1) is 14.3. The van der Waals surface area contributed by atoms with E-state index in [-0.39, 0.29) is 29.3 Å². The topological polar surface area (TPSA) is 37.4 Å². The van der Waals surface area contributed by atoms with Gasteiger partial charge < -0.3 is 0 Å². The lowest BCUT2D eigenvalue weighted by Gasteiger charge is -2.37. The monoisotopic (exact) mass is 333 g/mol. The number of imide groups is 1. The highest BCUT2D eigenvalue weighted by atomic mass is 19.4. The summed E-state index contributed by atoms with van der Waals surface area (Å²) in [5.41, 5.74) is -0.818. The molecule has 1 aliphatic heterocycles. The van der Waals surface area contributed by atoms with Gasteiger partial charge >= 0.3 is 6.18 Å². The van der Waals surface area contributed by atoms with Crippen LogP contribution in [0.2, 0.25) is 0 Å². The number of carbonyl (C=O) groups is 2. The molecular weight excluding hydrogens is 319 g/mol. The first-order valence-corrected chi connectivity index (χ1v) is 8.11. The summed E-state index contributed by atoms with van der Waals surface area (Å²) in [5.74, 6) is -0.395. The van der Waals surface area contributed by atoms with Gasteiger partial charge in [0.05, 0.1) is 23.1 Å². The molecule has 0 aromatic heterocycles. The van der Waals surface area contributed by atoms with Crippen LogP contribution in [0.1, 0.15) is 12.0 Å². The van der Waals surface area contributed by atoms with Crippen molar-refractivity contribution in [1.29, 1.82) is 0 Å². The maximum Gasteiger partial charge on any atom is 0.416 e. The quantitative estimate of drug-likeness (QED) is 0.584. The van der Waals surface area contributed by atoms with Crippen molar-refractivity contribution in [2.24, 2.45) is 35.5 Å². The van der Waals surface area contributed by atoms with Crippen LogP contribution >= 0.6 is 0 Å². The number of hydrogen-bond donors (Lipinski definition) is 0. The summed E-state index contributed by atoms with van der Waals surface area (Å²) < 4.78 is 38.8. The van der Waals surface area contributed by atoms with Gasteiger partial charge in [-0.3, -0.25) is 14.5 Å². The maximum atomic E-state index is 12.9. The van der Waals surface area contributed by atoms with Gasteiger partial charge in [-0.25, -0.2) is 0 Å². The highest BCUT2D eigenvalue weighted by Crippen LogP contribution is 2.65. The van der Waals surface area contributed by atoms with Crippen LogP contribution in [0.4, 0.5) is 18.9 Å². The fourth-order valence-corrected chi connectivity index (χ4v) is 5.03. The average Bonchev–Trinajstić information content (AvgIpc) is 3.31. The molecule has 0 radical (unpaired) electrons. The van der Waals surface area contributed by atoms with Crippen molar-refractivity contribution >= 4 is 17.5 Å². The molecule has 6 atom stereocenters. The van der Waals surface area contributed by atoms with Gasteiger partial charge in [0, 0.05) is 0 Å². The summed E-state index contributed by atoms with van der Waals surface area (Å²) in [6.07, 6.45) is 0.637. The van der Waals surface area contributed by atoms with Gasteiger partial charge in [0.25, 0.3) is 0 Å². The molecule has 0 unspecified atom stereocenters. The minimum atomic E-state index is -4.50. The third kappa shape index (κ3) is 1.69. The fourth-order valence-electron chi connectivity index (χ4n) is 5.03. The number of allylic oxidation sites excluding steroid dienone is 2. The zero-order valence-corrected chi connectivity index (χ0v) is 12.5. The van der Waals surface area contributed by atoms with Crippen molar-refractivity contribution in [3.05, 3.63) is 42.0 Å². The minimum Gasteiger partial charge on any atom is -0.274 e. The molecule has 6 rings (SSSR count). The molecule has 2 amide bonds. The van der Waals surface area contributed by atoms with E-state index in [1.165, 1.54) is 12.1 Å². The number of carbonyl (C=O) groups excluding carboxylic acids is 2. The Labute approximate surface area is 136 Å². The number of hydrogen-bond acceptors (Lipinski definition) is 2. The van der Waals surface area contributed by atoms with Gasteiger partial charge in [-0.1, -0.05) is 18.2 Å². The summed E-state index contributed by atoms with van der Waals surface area (Å²) in [7, 11) is 0. The van der Waals surface area contributed by atoms with Gasteiger partial charge in [0.2, 0.25) is 11.8 Å². The number of anilines is 1. The van der Waals surface area contributed by atoms with Gasteiger partial charge in [-0.05, 0) is 48.3 Å². The summed E-state index contributed by atoms with van der Waals surface area (Å²) in [6, 6.07) is 4.48. The van der Waals surface area contributed by atoms with Crippen molar-refractivity contribution in [2.45, 2.75) is 12.6 Å². The molecule has 24 heavy (non-hydrogen) atoms. The van der Waals surface area contributed by atoms with E-state index in [0.29, 0.717) is 11.8 Å². The van der Waals surface area contributed by atoms with Crippen LogP contribution in [-0.2, 0) is 15.8 Å². The zero-order valence-electron chi connectivity index (χ0n) is 12.5. The van der Waals surface area contributed by atoms with E-state index >= 15 is 0 Å². The highest BCUT2D eigenvalue weighted by molar-refractivity contribution is 6.22. The molecule has 2 saturated carbocycles. The van der Waals surface area contributed by atoms with Crippen LogP contribution in [0.25, 0.3) is 0 Å². The van der Waals surface area contributed by atoms with E-state index in [1.807, 2.05) is 12.2 Å². The van der Waals surface area contributed by atoms with E-state index in [4.69, 9.17) is 0 Å². The Bertz CT molecular complexity index is 764. The van der Waals surface area contributed by atoms with Crippen molar-refractivity contribution in [2.75, 3.05) is 4.90 Å². The van der Waals surface area contributed by atoms with Crippen LogP contribution in [0.3, 0.4) is 0 Å². The van der Waals surface area contributed by atoms with Crippen LogP contribution in [0, 0.1) is 35.5 Å². The van der Waals surface area contributed by atoms with Crippen LogP contribution in [-0.4, -0.2) is 11.8 Å². The van der Waals surface area contributed by atoms with E-state index in [0.717, 1.165) is 23.5 Å². The molecule has 1 aromatic carbocycles. The molecular formula is C18H14F3NO2. The van der Waals surface area contributed by atoms with Crippen LogP contribution in [0.15, 0.2) is 36.4 Å². The summed E-state index contributed by atoms with van der Waals surface area (Å²) in [6.45, 7) is 0. The van der Waals surface area contributed by atoms with E-state index in [2.05, 4.69) is 0 Å². The molecule has 1 saturated heterocycles. The molecule has 1 aromatic rings. The standard InChI is InChI=1S/C18H14F3NO2/c19-18(20,21)8-2-1-3-9(6-8)22-16(23)14-10-4-5-11(13-7-12(10)13)15(14)17(22)24/h1-6,10-15H,7H2/t10-,11-,12-,13-,14+,15+/m1/s1. The second-order valence-corrected chi connectivity index (χ2v) is 7.21. The Balaban J connectivity index is 1.55. The third-order valence-corrected chi connectivity index (χ3v) is 6.09. The van der Waals surface area contributed by atoms with Gasteiger partial charge in [0.1, 0.15) is 0 Å². The summed E-state index contributed by atoms with van der Waals surface area (Å²) in [5, 5.41) is 0. The minimum absolute atomic E-state index is 0.0299. The van der Waals surface area contributed by atoms with Crippen molar-refractivity contribution in [1.82, 2.24) is 0 Å². The van der Waals surface area contributed by atoms with Gasteiger partial charge in [0.15, 0.2) is 0 Å². The molecule has 6 heteroatoms. The number of halogens is 3. The van der Waals surface area contributed by atoms with Gasteiger partial charge in [-0.2, -0.15) is 13.2 Å². The molecule has 0 spiro atoms. The Morgan fingerprint density at radius 1 is 0.958 bits per heavy atom. The lowest BCUT2D eigenvalue weighted by Crippen LogP contribution is -2.40. The van der Waals surface area contributed by atoms with Crippen molar-refractivity contribution in [3.8, 4) is 0 Å². The number of alkyl halides is 3. The second kappa shape index (κ2) is 4.29. The lowest BCUT2D eigenvalue weighted by atomic mass is 9.63. The number of rotatable bonds is 1. The average molecular weight is 333 g/mol. The largest absolute Gasteiger partial charge is 0.416 e. The molecule has 3 fully saturated rings. The SMILES string of the molecule is O=C1[C@H]2[C@@H]3C=C[C@H]([C@H]4C[C@H]34)[C@@H]2C(=O)N1c1cccc(C(F)(F)F)c1. The van der Waals surface area contributed by atoms with Crippen LogP contribution in [0.5, 0.6) is 0 Å². The Hall–Kier alpha value is -2.11. The Morgan fingerprint density at radius 2 is 1.54 bits per heavy atom. The first-order chi connectivity index (χ1) is 11.4. The molecule has 1 heterocycles. The Kier molecular flexibility index (Phi) is 2.55. The third-order valence-electron chi connectivity index (χ3n) is 6.09. The van der Waals surface area contributed by atoms with Crippen molar-refractivity contribution in [3.63, 3.8) is 0 Å². The summed E-state index contributed by atoms with van der Waals surface area (Å²) in [4.78, 5) is 26.7. The lowest BCUT2D eigenvalue weighted by molar-refractivity contribution is -0.137. The highest BCUT2D eigenvalue weighted by Gasteiger charge is 2.67. The number of benzene rings is 1. The Morgan fingerprint density at radius 3 is 2.08 bits per heavy atom. The first-order valence-electron chi connectivity index (χ1n) is 8.11. The number of amides is 2. The fraction of sp³-hybridized carbons (Fsp3) is 0.444.